The predicted octanol–water partition coefficient (Wildman–Crippen LogP) is 8.18. The first-order valence-electron chi connectivity index (χ1n) is 22.9. The number of epoxide rings is 1. The van der Waals surface area contributed by atoms with Crippen molar-refractivity contribution >= 4 is 23.9 Å². The Bertz CT molecular complexity index is 2360. The summed E-state index contributed by atoms with van der Waals surface area (Å²) in [5.41, 5.74) is 5.76. The van der Waals surface area contributed by atoms with E-state index >= 15 is 0 Å². The van der Waals surface area contributed by atoms with Crippen molar-refractivity contribution in [3.8, 4) is 0 Å². The first-order valence-corrected chi connectivity index (χ1v) is 22.9. The number of aliphatic hydroxyl groups excluding tert-OH is 1. The molecule has 334 valence electrons. The molecule has 10 nitrogen and oxygen atoms in total. The molecular formula is C54H60N2O8. The molecule has 4 aromatic rings. The summed E-state index contributed by atoms with van der Waals surface area (Å²) >= 11 is 0. The number of rotatable bonds is 12. The number of ether oxygens (including phenoxy) is 4. The van der Waals surface area contributed by atoms with Gasteiger partial charge in [-0.1, -0.05) is 129 Å². The van der Waals surface area contributed by atoms with Gasteiger partial charge in [0.15, 0.2) is 0 Å². The number of amides is 2. The van der Waals surface area contributed by atoms with Crippen LogP contribution in [0.2, 0.25) is 0 Å². The molecule has 2 N–H and O–H groups in total. The normalized spacial score (nSPS) is 28.6. The van der Waals surface area contributed by atoms with Crippen LogP contribution in [0.5, 0.6) is 0 Å². The van der Waals surface area contributed by atoms with Crippen molar-refractivity contribution in [3.63, 3.8) is 0 Å². The minimum atomic E-state index is -1.37. The van der Waals surface area contributed by atoms with Crippen molar-refractivity contribution in [3.05, 3.63) is 160 Å². The Balaban J connectivity index is 1.02. The number of nitrogens with zero attached hydrogens (tertiary/aromatic N) is 1. The van der Waals surface area contributed by atoms with Crippen molar-refractivity contribution in [1.82, 2.24) is 10.2 Å². The Morgan fingerprint density at radius 3 is 2.23 bits per heavy atom. The van der Waals surface area contributed by atoms with E-state index in [1.807, 2.05) is 109 Å². The standard InChI is InChI=1S/C54H60N2O8/c1-52(2)34-42-37(23-24-47-53(3,63-47)26-25-43(42)52)29-36-17-14-18-38(30-36)51(60)61-45-32-39(50(59)56(4)44(49(58)55-27-28-57)31-35-15-8-5-9-16-35)33-46-48(45)64-54(62-46,40-19-10-6-11-20-40)41-21-12-7-13-22-41/h5-22,29-30,33,42-48,57H,23-28,31-32,34H2,1-4H3,(H,55,58). The first kappa shape index (κ1) is 43.8. The number of benzene rings is 4. The largest absolute Gasteiger partial charge is 0.456 e. The lowest BCUT2D eigenvalue weighted by atomic mass is 9.52. The Morgan fingerprint density at radius 1 is 0.875 bits per heavy atom. The highest BCUT2D eigenvalue weighted by Crippen LogP contribution is 2.60. The van der Waals surface area contributed by atoms with E-state index in [9.17, 15) is 19.5 Å². The maximum Gasteiger partial charge on any atom is 0.338 e. The molecule has 0 spiro atoms. The highest BCUT2D eigenvalue weighted by atomic mass is 16.8. The van der Waals surface area contributed by atoms with Gasteiger partial charge in [0.25, 0.3) is 0 Å². The maximum absolute atomic E-state index is 14.7. The molecule has 2 saturated heterocycles. The van der Waals surface area contributed by atoms with Gasteiger partial charge >= 0.3 is 5.97 Å². The lowest BCUT2D eigenvalue weighted by Crippen LogP contribution is -2.51. The summed E-state index contributed by atoms with van der Waals surface area (Å²) in [6.45, 7) is 6.85. The second-order valence-electron chi connectivity index (χ2n) is 19.2. The summed E-state index contributed by atoms with van der Waals surface area (Å²) in [6.07, 6.45) is 7.48. The minimum absolute atomic E-state index is 0.00269. The number of aliphatic hydroxyl groups is 1. The van der Waals surface area contributed by atoms with Crippen LogP contribution in [0.4, 0.5) is 0 Å². The highest BCUT2D eigenvalue weighted by Gasteiger charge is 2.57. The van der Waals surface area contributed by atoms with Crippen LogP contribution in [0, 0.1) is 17.3 Å². The molecule has 0 aromatic heterocycles. The molecular weight excluding hydrogens is 805 g/mol. The van der Waals surface area contributed by atoms with E-state index in [0.717, 1.165) is 54.4 Å². The second-order valence-corrected chi connectivity index (χ2v) is 19.2. The Hall–Kier alpha value is -5.39. The molecule has 2 aliphatic heterocycles. The van der Waals surface area contributed by atoms with Crippen LogP contribution in [-0.4, -0.2) is 84.0 Å². The number of esters is 1. The molecule has 64 heavy (non-hydrogen) atoms. The van der Waals surface area contributed by atoms with Crippen LogP contribution in [0.1, 0.15) is 91.9 Å². The van der Waals surface area contributed by atoms with Crippen LogP contribution < -0.4 is 5.32 Å². The van der Waals surface area contributed by atoms with Gasteiger partial charge in [0.1, 0.15) is 24.4 Å². The molecule has 0 bridgehead atoms. The van der Waals surface area contributed by atoms with Gasteiger partial charge in [-0.25, -0.2) is 4.79 Å². The summed E-state index contributed by atoms with van der Waals surface area (Å²) in [6, 6.07) is 35.5. The van der Waals surface area contributed by atoms with Gasteiger partial charge in [0.05, 0.1) is 23.9 Å². The number of hydrogen-bond acceptors (Lipinski definition) is 8. The van der Waals surface area contributed by atoms with E-state index in [1.165, 1.54) is 10.5 Å². The predicted molar refractivity (Wildman–Crippen MR) is 244 cm³/mol. The topological polar surface area (TPSA) is 127 Å². The fourth-order valence-electron chi connectivity index (χ4n) is 10.9. The summed E-state index contributed by atoms with van der Waals surface area (Å²) in [4.78, 5) is 44.2. The third kappa shape index (κ3) is 8.73. The molecule has 4 fully saturated rings. The fraction of sp³-hybridized carbons (Fsp3) is 0.426. The van der Waals surface area contributed by atoms with E-state index in [1.54, 1.807) is 19.2 Å². The van der Waals surface area contributed by atoms with Gasteiger partial charge in [-0.05, 0) is 85.6 Å². The van der Waals surface area contributed by atoms with Crippen molar-refractivity contribution in [2.45, 2.75) is 108 Å². The Kier molecular flexibility index (Phi) is 12.2. The first-order chi connectivity index (χ1) is 30.9. The second kappa shape index (κ2) is 17.9. The minimum Gasteiger partial charge on any atom is -0.456 e. The van der Waals surface area contributed by atoms with E-state index in [-0.39, 0.29) is 42.9 Å². The smallest absolute Gasteiger partial charge is 0.338 e. The summed E-state index contributed by atoms with van der Waals surface area (Å²) in [5, 5.41) is 12.3. The highest BCUT2D eigenvalue weighted by molar-refractivity contribution is 5.97. The number of nitrogens with one attached hydrogen (secondary N) is 1. The third-order valence-corrected chi connectivity index (χ3v) is 14.6. The molecule has 4 aromatic carbocycles. The van der Waals surface area contributed by atoms with Crippen molar-refractivity contribution in [2.75, 3.05) is 20.2 Å². The van der Waals surface area contributed by atoms with Crippen molar-refractivity contribution < 1.29 is 38.4 Å². The molecule has 8 atom stereocenters. The molecule has 3 aliphatic carbocycles. The molecule has 10 heteroatoms. The Labute approximate surface area is 376 Å². The van der Waals surface area contributed by atoms with Gasteiger partial charge in [-0.2, -0.15) is 0 Å². The number of hydrogen-bond donors (Lipinski definition) is 2. The van der Waals surface area contributed by atoms with E-state index < -0.39 is 42.0 Å². The van der Waals surface area contributed by atoms with Gasteiger partial charge in [0.2, 0.25) is 17.6 Å². The van der Waals surface area contributed by atoms with E-state index in [4.69, 9.17) is 18.9 Å². The van der Waals surface area contributed by atoms with Gasteiger partial charge < -0.3 is 34.3 Å². The number of likely N-dealkylation sites (N-methyl/N-ethyl adjacent to an activating group) is 1. The number of fused-ring (bicyclic) bond motifs is 3. The van der Waals surface area contributed by atoms with Crippen LogP contribution in [0.3, 0.4) is 0 Å². The fourth-order valence-corrected chi connectivity index (χ4v) is 10.9. The number of carbonyl (C=O) groups excluding carboxylic acids is 3. The van der Waals surface area contributed by atoms with Gasteiger partial charge in [0, 0.05) is 43.1 Å². The quantitative estimate of drug-likeness (QED) is 0.108. The Morgan fingerprint density at radius 2 is 1.56 bits per heavy atom. The molecule has 2 amide bonds. The monoisotopic (exact) mass is 864 g/mol. The zero-order chi connectivity index (χ0) is 44.6. The molecule has 5 aliphatic rings. The number of allylic oxidation sites excluding steroid dienone is 1. The van der Waals surface area contributed by atoms with Crippen LogP contribution in [-0.2, 0) is 40.7 Å². The summed E-state index contributed by atoms with van der Waals surface area (Å²) in [7, 11) is 1.60. The molecule has 8 unspecified atom stereocenters. The lowest BCUT2D eigenvalue weighted by Gasteiger charge is -2.53. The summed E-state index contributed by atoms with van der Waals surface area (Å²) < 4.78 is 26.7. The van der Waals surface area contributed by atoms with Crippen LogP contribution in [0.15, 0.2) is 132 Å². The zero-order valence-corrected chi connectivity index (χ0v) is 37.3. The third-order valence-electron chi connectivity index (χ3n) is 14.6. The molecule has 9 rings (SSSR count). The van der Waals surface area contributed by atoms with Crippen LogP contribution >= 0.6 is 0 Å². The van der Waals surface area contributed by atoms with Gasteiger partial charge in [-0.15, -0.1) is 0 Å². The SMILES string of the molecule is CN(C(=O)C1=CC2OC(c3ccccc3)(c3ccccc3)OC2C(OC(=O)c2cccc(C=C3CCC4OC4(C)CCC4C3CC4(C)C)c2)C1)C(Cc1ccccc1)C(=O)NCCO. The van der Waals surface area contributed by atoms with E-state index in [2.05, 4.69) is 32.2 Å². The molecule has 0 radical (unpaired) electrons. The van der Waals surface area contributed by atoms with Crippen molar-refractivity contribution in [2.24, 2.45) is 17.3 Å². The average Bonchev–Trinajstić information content (AvgIpc) is 3.76. The van der Waals surface area contributed by atoms with Crippen molar-refractivity contribution in [1.29, 1.82) is 0 Å². The lowest BCUT2D eigenvalue weighted by molar-refractivity contribution is -0.157. The van der Waals surface area contributed by atoms with Gasteiger partial charge in [-0.3, -0.25) is 9.59 Å². The summed E-state index contributed by atoms with van der Waals surface area (Å²) in [5.74, 6) is -1.60. The van der Waals surface area contributed by atoms with E-state index in [0.29, 0.717) is 29.1 Å². The van der Waals surface area contributed by atoms with Crippen LogP contribution in [0.25, 0.3) is 6.08 Å². The number of carbonyl (C=O) groups is 3. The zero-order valence-electron chi connectivity index (χ0n) is 37.3. The molecule has 2 saturated carbocycles. The average molecular weight is 865 g/mol. The maximum atomic E-state index is 14.7. The molecule has 2 heterocycles.